The Kier molecular flexibility index (Phi) is 3.32. The van der Waals surface area contributed by atoms with Gasteiger partial charge in [-0.05, 0) is 19.9 Å². The summed E-state index contributed by atoms with van der Waals surface area (Å²) in [7, 11) is 0. The lowest BCUT2D eigenvalue weighted by molar-refractivity contribution is -0.401. The first-order chi connectivity index (χ1) is 9.02. The number of hydrogen-bond donors (Lipinski definition) is 0. The highest BCUT2D eigenvalue weighted by Crippen LogP contribution is 2.27. The average Bonchev–Trinajstić information content (AvgIpc) is 2.95. The van der Waals surface area contributed by atoms with Crippen LogP contribution in [-0.2, 0) is 4.74 Å². The quantitative estimate of drug-likeness (QED) is 0.474. The summed E-state index contributed by atoms with van der Waals surface area (Å²) in [5.41, 5.74) is 0.326. The molecule has 0 bridgehead atoms. The lowest BCUT2D eigenvalue weighted by Gasteiger charge is -1.96. The molecule has 2 rings (SSSR count). The minimum Gasteiger partial charge on any atom is -0.460 e. The number of aryl methyl sites for hydroxylation is 1. The molecule has 0 aliphatic rings. The predicted molar refractivity (Wildman–Crippen MR) is 61.6 cm³/mol. The maximum absolute atomic E-state index is 11.5. The summed E-state index contributed by atoms with van der Waals surface area (Å²) in [4.78, 5) is 25.3. The molecule has 0 saturated heterocycles. The van der Waals surface area contributed by atoms with Crippen LogP contribution in [0.5, 0.6) is 0 Å². The molecule has 0 saturated carbocycles. The molecule has 0 radical (unpaired) electrons. The van der Waals surface area contributed by atoms with Crippen molar-refractivity contribution in [3.63, 3.8) is 0 Å². The van der Waals surface area contributed by atoms with Crippen LogP contribution in [0.1, 0.15) is 23.2 Å². The molecular weight excluding hydrogens is 256 g/mol. The summed E-state index contributed by atoms with van der Waals surface area (Å²) in [5, 5.41) is 10.5. The molecule has 0 aliphatic carbocycles. The smallest absolute Gasteiger partial charge is 0.433 e. The SMILES string of the molecule is CCOC(=O)c1oc(-c2ccc([N+](=O)[O-])o2)nc1C. The number of ether oxygens (including phenoxy) is 1. The molecule has 100 valence electrons. The number of carbonyl (C=O) groups excluding carboxylic acids is 1. The first-order valence-electron chi connectivity index (χ1n) is 5.42. The number of esters is 1. The van der Waals surface area contributed by atoms with E-state index in [9.17, 15) is 14.9 Å². The third kappa shape index (κ3) is 2.46. The number of carbonyl (C=O) groups is 1. The highest BCUT2D eigenvalue weighted by Gasteiger charge is 2.22. The van der Waals surface area contributed by atoms with Crippen LogP contribution in [0.15, 0.2) is 21.0 Å². The van der Waals surface area contributed by atoms with Crippen LogP contribution in [0, 0.1) is 17.0 Å². The standard InChI is InChI=1S/C11H10N2O6/c1-3-17-11(14)9-6(2)12-10(19-9)7-4-5-8(18-7)13(15)16/h4-5H,3H2,1-2H3. The first-order valence-corrected chi connectivity index (χ1v) is 5.42. The van der Waals surface area contributed by atoms with Gasteiger partial charge in [0.2, 0.25) is 5.76 Å². The number of furan rings is 1. The largest absolute Gasteiger partial charge is 0.460 e. The van der Waals surface area contributed by atoms with Gasteiger partial charge in [-0.1, -0.05) is 0 Å². The van der Waals surface area contributed by atoms with Crippen LogP contribution in [-0.4, -0.2) is 22.5 Å². The number of rotatable bonds is 4. The van der Waals surface area contributed by atoms with Gasteiger partial charge in [-0.25, -0.2) is 9.78 Å². The molecule has 2 aromatic rings. The van der Waals surface area contributed by atoms with Crippen LogP contribution >= 0.6 is 0 Å². The summed E-state index contributed by atoms with van der Waals surface area (Å²) < 4.78 is 14.9. The van der Waals surface area contributed by atoms with E-state index in [0.29, 0.717) is 5.69 Å². The zero-order valence-electron chi connectivity index (χ0n) is 10.2. The lowest BCUT2D eigenvalue weighted by atomic mass is 10.4. The predicted octanol–water partition coefficient (Wildman–Crippen LogP) is 2.33. The van der Waals surface area contributed by atoms with Gasteiger partial charge >= 0.3 is 11.9 Å². The van der Waals surface area contributed by atoms with Crippen molar-refractivity contribution in [1.82, 2.24) is 4.98 Å². The van der Waals surface area contributed by atoms with Gasteiger partial charge in [-0.3, -0.25) is 10.1 Å². The molecule has 8 heteroatoms. The van der Waals surface area contributed by atoms with Crippen molar-refractivity contribution in [2.45, 2.75) is 13.8 Å². The van der Waals surface area contributed by atoms with E-state index in [4.69, 9.17) is 13.6 Å². The van der Waals surface area contributed by atoms with Gasteiger partial charge in [-0.2, -0.15) is 0 Å². The van der Waals surface area contributed by atoms with Gasteiger partial charge in [0.15, 0.2) is 5.76 Å². The normalized spacial score (nSPS) is 10.4. The molecule has 0 fully saturated rings. The van der Waals surface area contributed by atoms with Gasteiger partial charge in [0.1, 0.15) is 4.92 Å². The fraction of sp³-hybridized carbons (Fsp3) is 0.273. The van der Waals surface area contributed by atoms with Gasteiger partial charge < -0.3 is 13.6 Å². The molecule has 2 aromatic heterocycles. The molecule has 2 heterocycles. The molecule has 8 nitrogen and oxygen atoms in total. The van der Waals surface area contributed by atoms with E-state index < -0.39 is 16.8 Å². The van der Waals surface area contributed by atoms with Crippen LogP contribution in [0.25, 0.3) is 11.7 Å². The van der Waals surface area contributed by atoms with E-state index in [2.05, 4.69) is 4.98 Å². The summed E-state index contributed by atoms with van der Waals surface area (Å²) in [6.45, 7) is 3.44. The number of nitro groups is 1. The van der Waals surface area contributed by atoms with Crippen LogP contribution in [0.4, 0.5) is 5.88 Å². The molecule has 0 atom stereocenters. The molecule has 0 aromatic carbocycles. The Bertz CT molecular complexity index is 627. The van der Waals surface area contributed by atoms with E-state index in [0.717, 1.165) is 0 Å². The van der Waals surface area contributed by atoms with Gasteiger partial charge in [0.05, 0.1) is 18.4 Å². The molecule has 0 unspecified atom stereocenters. The number of hydrogen-bond acceptors (Lipinski definition) is 7. The van der Waals surface area contributed by atoms with Gasteiger partial charge in [-0.15, -0.1) is 0 Å². The monoisotopic (exact) mass is 266 g/mol. The van der Waals surface area contributed by atoms with Gasteiger partial charge in [0, 0.05) is 0 Å². The van der Waals surface area contributed by atoms with E-state index in [1.807, 2.05) is 0 Å². The average molecular weight is 266 g/mol. The Morgan fingerprint density at radius 2 is 2.21 bits per heavy atom. The number of nitrogens with zero attached hydrogens (tertiary/aromatic N) is 2. The third-order valence-electron chi connectivity index (χ3n) is 2.24. The molecule has 0 spiro atoms. The minimum absolute atomic E-state index is 0.00588. The summed E-state index contributed by atoms with van der Waals surface area (Å²) in [5.74, 6) is -1.04. The lowest BCUT2D eigenvalue weighted by Crippen LogP contribution is -2.04. The van der Waals surface area contributed by atoms with Crippen molar-refractivity contribution in [3.8, 4) is 11.7 Å². The van der Waals surface area contributed by atoms with E-state index in [1.165, 1.54) is 12.1 Å². The van der Waals surface area contributed by atoms with Crippen LogP contribution in [0.3, 0.4) is 0 Å². The zero-order chi connectivity index (χ0) is 14.0. The molecule has 0 amide bonds. The Morgan fingerprint density at radius 3 is 2.79 bits per heavy atom. The van der Waals surface area contributed by atoms with E-state index in [-0.39, 0.29) is 24.0 Å². The molecule has 0 aliphatic heterocycles. The molecule has 0 N–H and O–H groups in total. The second-order valence-corrected chi connectivity index (χ2v) is 3.55. The number of aromatic nitrogens is 1. The molecule has 19 heavy (non-hydrogen) atoms. The fourth-order valence-corrected chi connectivity index (χ4v) is 1.43. The highest BCUT2D eigenvalue weighted by molar-refractivity contribution is 5.87. The zero-order valence-corrected chi connectivity index (χ0v) is 10.2. The minimum atomic E-state index is -0.675. The fourth-order valence-electron chi connectivity index (χ4n) is 1.43. The Morgan fingerprint density at radius 1 is 1.47 bits per heavy atom. The second-order valence-electron chi connectivity index (χ2n) is 3.55. The first kappa shape index (κ1) is 12.8. The Labute approximate surface area is 107 Å². The maximum atomic E-state index is 11.5. The Balaban J connectivity index is 2.33. The van der Waals surface area contributed by atoms with Crippen LogP contribution in [0.2, 0.25) is 0 Å². The highest BCUT2D eigenvalue weighted by atomic mass is 16.6. The van der Waals surface area contributed by atoms with Crippen molar-refractivity contribution in [2.75, 3.05) is 6.61 Å². The topological polar surface area (TPSA) is 109 Å². The summed E-state index contributed by atoms with van der Waals surface area (Å²) in [6.07, 6.45) is 0. The van der Waals surface area contributed by atoms with Crippen molar-refractivity contribution in [3.05, 3.63) is 33.7 Å². The second kappa shape index (κ2) is 4.92. The summed E-state index contributed by atoms with van der Waals surface area (Å²) in [6, 6.07) is 2.53. The Hall–Kier alpha value is -2.64. The van der Waals surface area contributed by atoms with E-state index in [1.54, 1.807) is 13.8 Å². The van der Waals surface area contributed by atoms with Crippen molar-refractivity contribution in [1.29, 1.82) is 0 Å². The van der Waals surface area contributed by atoms with Crippen molar-refractivity contribution < 1.29 is 23.3 Å². The maximum Gasteiger partial charge on any atom is 0.433 e. The van der Waals surface area contributed by atoms with Crippen LogP contribution < -0.4 is 0 Å². The summed E-state index contributed by atoms with van der Waals surface area (Å²) >= 11 is 0. The number of oxazole rings is 1. The van der Waals surface area contributed by atoms with Crippen molar-refractivity contribution in [2.24, 2.45) is 0 Å². The van der Waals surface area contributed by atoms with Gasteiger partial charge in [0.25, 0.3) is 5.89 Å². The van der Waals surface area contributed by atoms with Crippen molar-refractivity contribution >= 4 is 11.9 Å². The van der Waals surface area contributed by atoms with E-state index >= 15 is 0 Å². The molecular formula is C11H10N2O6. The third-order valence-corrected chi connectivity index (χ3v) is 2.24.